The van der Waals surface area contributed by atoms with Crippen LogP contribution in [0.5, 0.6) is 0 Å². The normalized spacial score (nSPS) is 20.3. The van der Waals surface area contributed by atoms with Gasteiger partial charge in [0.15, 0.2) is 24.6 Å². The SMILES string of the molecule is CC(=O)OCC1O[C@H](OCC=CC[C@H](NC(=O)OCC2c3ccccc3-c3ccccc32)C(=O)OCc2ccccc2)C(OC(C)=O)[C@@H](OC(C)=O)[C@H]1OC(C)=O. The number of carbonyl (C=O) groups excluding carboxylic acids is 6. The van der Waals surface area contributed by atoms with Crippen molar-refractivity contribution in [2.24, 2.45) is 0 Å². The molecule has 1 aliphatic carbocycles. The van der Waals surface area contributed by atoms with Crippen LogP contribution in [0.4, 0.5) is 4.79 Å². The number of fused-ring (bicyclic) bond motifs is 3. The smallest absolute Gasteiger partial charge is 0.407 e. The summed E-state index contributed by atoms with van der Waals surface area (Å²) >= 11 is 0. The van der Waals surface area contributed by atoms with E-state index in [4.69, 9.17) is 37.9 Å². The van der Waals surface area contributed by atoms with Crippen molar-refractivity contribution in [1.29, 1.82) is 0 Å². The van der Waals surface area contributed by atoms with Gasteiger partial charge in [-0.2, -0.15) is 0 Å². The van der Waals surface area contributed by atoms with Crippen LogP contribution in [0.2, 0.25) is 0 Å². The summed E-state index contributed by atoms with van der Waals surface area (Å²) in [5.41, 5.74) is 4.95. The fourth-order valence-electron chi connectivity index (χ4n) is 6.60. The number of rotatable bonds is 16. The second kappa shape index (κ2) is 20.2. The summed E-state index contributed by atoms with van der Waals surface area (Å²) in [7, 11) is 0. The second-order valence-electron chi connectivity index (χ2n) is 13.2. The molecular weight excluding hydrogens is 742 g/mol. The maximum Gasteiger partial charge on any atom is 0.407 e. The van der Waals surface area contributed by atoms with Gasteiger partial charge in [0.2, 0.25) is 0 Å². The van der Waals surface area contributed by atoms with E-state index in [-0.39, 0.29) is 32.2 Å². The van der Waals surface area contributed by atoms with Gasteiger partial charge >= 0.3 is 35.9 Å². The van der Waals surface area contributed by atoms with Crippen molar-refractivity contribution in [2.45, 2.75) is 83.4 Å². The standard InChI is InChI=1S/C42H45NO14/c1-25(44)51-24-36-37(54-26(2)45)38(55-27(3)46)39(56-28(4)47)41(57-36)50-21-13-12-20-35(40(48)52-22-29-14-6-5-7-15-29)43-42(49)53-23-34-32-18-10-8-16-30(32)31-17-9-11-19-33(31)34/h5-19,34-39,41H,20-24H2,1-4H3,(H,43,49)/t35-,36?,37-,38-,39?,41-/m0/s1. The molecule has 15 nitrogen and oxygen atoms in total. The van der Waals surface area contributed by atoms with Crippen molar-refractivity contribution in [3.8, 4) is 11.1 Å². The number of nitrogens with one attached hydrogen (secondary N) is 1. The van der Waals surface area contributed by atoms with Gasteiger partial charge in [0.25, 0.3) is 0 Å². The summed E-state index contributed by atoms with van der Waals surface area (Å²) in [6.45, 7) is 3.91. The van der Waals surface area contributed by atoms with E-state index in [1.54, 1.807) is 18.2 Å². The predicted octanol–water partition coefficient (Wildman–Crippen LogP) is 4.68. The molecule has 302 valence electrons. The predicted molar refractivity (Wildman–Crippen MR) is 200 cm³/mol. The fourth-order valence-corrected chi connectivity index (χ4v) is 6.60. The van der Waals surface area contributed by atoms with Crippen LogP contribution in [-0.4, -0.2) is 92.5 Å². The second-order valence-corrected chi connectivity index (χ2v) is 13.2. The Labute approximate surface area is 329 Å². The minimum Gasteiger partial charge on any atom is -0.463 e. The lowest BCUT2D eigenvalue weighted by Gasteiger charge is -2.43. The molecule has 1 heterocycles. The summed E-state index contributed by atoms with van der Waals surface area (Å²) in [6, 6.07) is 23.7. The molecule has 2 aliphatic rings. The van der Waals surface area contributed by atoms with Gasteiger partial charge in [0, 0.05) is 33.6 Å². The molecule has 0 saturated carbocycles. The molecule has 1 N–H and O–H groups in total. The molecule has 1 amide bonds. The van der Waals surface area contributed by atoms with Gasteiger partial charge in [-0.15, -0.1) is 0 Å². The number of ether oxygens (including phenoxy) is 8. The maximum atomic E-state index is 13.3. The number of hydrogen-bond donors (Lipinski definition) is 1. The van der Waals surface area contributed by atoms with Gasteiger partial charge in [-0.3, -0.25) is 19.2 Å². The summed E-state index contributed by atoms with van der Waals surface area (Å²) in [5, 5.41) is 2.63. The molecule has 1 aliphatic heterocycles. The van der Waals surface area contributed by atoms with Gasteiger partial charge < -0.3 is 43.2 Å². The quantitative estimate of drug-likeness (QED) is 0.120. The first-order chi connectivity index (χ1) is 27.4. The van der Waals surface area contributed by atoms with E-state index >= 15 is 0 Å². The molecule has 0 spiro atoms. The molecule has 1 saturated heterocycles. The zero-order chi connectivity index (χ0) is 40.9. The molecule has 0 radical (unpaired) electrons. The molecule has 0 aromatic heterocycles. The lowest BCUT2D eigenvalue weighted by atomic mass is 9.98. The van der Waals surface area contributed by atoms with Crippen LogP contribution in [-0.2, 0) is 68.5 Å². The first-order valence-electron chi connectivity index (χ1n) is 18.3. The third-order valence-electron chi connectivity index (χ3n) is 8.99. The molecule has 1 fully saturated rings. The minimum atomic E-state index is -1.41. The Bertz CT molecular complexity index is 1880. The van der Waals surface area contributed by atoms with E-state index in [2.05, 4.69) is 5.32 Å². The lowest BCUT2D eigenvalue weighted by molar-refractivity contribution is -0.305. The van der Waals surface area contributed by atoms with E-state index < -0.39 is 79.3 Å². The van der Waals surface area contributed by atoms with Crippen LogP contribution >= 0.6 is 0 Å². The Morgan fingerprint density at radius 3 is 1.84 bits per heavy atom. The highest BCUT2D eigenvalue weighted by Gasteiger charge is 2.52. The van der Waals surface area contributed by atoms with Crippen LogP contribution in [0, 0.1) is 0 Å². The van der Waals surface area contributed by atoms with E-state index in [1.807, 2.05) is 66.7 Å². The first-order valence-corrected chi connectivity index (χ1v) is 18.3. The van der Waals surface area contributed by atoms with Crippen LogP contribution in [0.25, 0.3) is 11.1 Å². The van der Waals surface area contributed by atoms with Gasteiger partial charge in [0.1, 0.15) is 32.0 Å². The Morgan fingerprint density at radius 1 is 0.649 bits per heavy atom. The van der Waals surface area contributed by atoms with Crippen LogP contribution in [0.1, 0.15) is 56.7 Å². The van der Waals surface area contributed by atoms with E-state index in [0.717, 1.165) is 48.6 Å². The highest BCUT2D eigenvalue weighted by Crippen LogP contribution is 2.44. The van der Waals surface area contributed by atoms with E-state index in [1.165, 1.54) is 13.0 Å². The third kappa shape index (κ3) is 11.7. The number of carbonyl (C=O) groups is 6. The number of benzene rings is 3. The van der Waals surface area contributed by atoms with Gasteiger partial charge in [0.05, 0.1) is 6.61 Å². The molecule has 5 rings (SSSR count). The van der Waals surface area contributed by atoms with Gasteiger partial charge in [-0.25, -0.2) is 9.59 Å². The van der Waals surface area contributed by atoms with Crippen molar-refractivity contribution in [2.75, 3.05) is 19.8 Å². The maximum absolute atomic E-state index is 13.3. The lowest BCUT2D eigenvalue weighted by Crippen LogP contribution is -2.62. The first kappa shape index (κ1) is 42.1. The highest BCUT2D eigenvalue weighted by atomic mass is 16.7. The summed E-state index contributed by atoms with van der Waals surface area (Å²) in [5.74, 6) is -3.88. The Morgan fingerprint density at radius 2 is 1.23 bits per heavy atom. The van der Waals surface area contributed by atoms with Crippen molar-refractivity contribution in [3.63, 3.8) is 0 Å². The molecule has 6 atom stereocenters. The number of esters is 5. The van der Waals surface area contributed by atoms with E-state index in [0.29, 0.717) is 0 Å². The molecule has 57 heavy (non-hydrogen) atoms. The molecule has 15 heteroatoms. The van der Waals surface area contributed by atoms with Crippen molar-refractivity contribution in [1.82, 2.24) is 5.32 Å². The monoisotopic (exact) mass is 787 g/mol. The minimum absolute atomic E-state index is 0.0295. The van der Waals surface area contributed by atoms with Crippen LogP contribution in [0.15, 0.2) is 91.0 Å². The topological polar surface area (TPSA) is 188 Å². The van der Waals surface area contributed by atoms with Gasteiger partial charge in [-0.1, -0.05) is 91.0 Å². The van der Waals surface area contributed by atoms with Crippen molar-refractivity contribution < 1.29 is 66.7 Å². The van der Waals surface area contributed by atoms with E-state index in [9.17, 15) is 28.8 Å². The Hall–Kier alpha value is -6.06. The van der Waals surface area contributed by atoms with Crippen LogP contribution in [0.3, 0.4) is 0 Å². The van der Waals surface area contributed by atoms with Crippen molar-refractivity contribution >= 4 is 35.9 Å². The number of amides is 1. The molecule has 3 aromatic carbocycles. The number of hydrogen-bond acceptors (Lipinski definition) is 14. The molecule has 3 aromatic rings. The van der Waals surface area contributed by atoms with Crippen molar-refractivity contribution in [3.05, 3.63) is 108 Å². The highest BCUT2D eigenvalue weighted by molar-refractivity contribution is 5.82. The molecular formula is C42H45NO14. The average Bonchev–Trinajstić information content (AvgIpc) is 3.50. The van der Waals surface area contributed by atoms with Gasteiger partial charge in [-0.05, 0) is 34.2 Å². The molecule has 2 unspecified atom stereocenters. The fraction of sp³-hybridized carbons (Fsp3) is 0.381. The Balaban J connectivity index is 1.26. The largest absolute Gasteiger partial charge is 0.463 e. The zero-order valence-corrected chi connectivity index (χ0v) is 32.0. The average molecular weight is 788 g/mol. The summed E-state index contributed by atoms with van der Waals surface area (Å²) in [6.07, 6.45) is -4.52. The molecule has 0 bridgehead atoms. The number of alkyl carbamates (subject to hydrolysis) is 1. The summed E-state index contributed by atoms with van der Waals surface area (Å²) < 4.78 is 44.4. The Kier molecular flexibility index (Phi) is 14.9. The zero-order valence-electron chi connectivity index (χ0n) is 32.0. The summed E-state index contributed by atoms with van der Waals surface area (Å²) in [4.78, 5) is 74.4. The third-order valence-corrected chi connectivity index (χ3v) is 8.99. The van der Waals surface area contributed by atoms with Crippen LogP contribution < -0.4 is 5.32 Å².